The van der Waals surface area contributed by atoms with Crippen molar-refractivity contribution < 1.29 is 36.8 Å². The van der Waals surface area contributed by atoms with Gasteiger partial charge < -0.3 is 32.6 Å². The van der Waals surface area contributed by atoms with Gasteiger partial charge in [0.25, 0.3) is 5.91 Å². The first kappa shape index (κ1) is 36.6. The highest BCUT2D eigenvalue weighted by Gasteiger charge is 2.39. The van der Waals surface area contributed by atoms with Gasteiger partial charge in [-0.25, -0.2) is 4.79 Å². The number of pyridine rings is 1. The minimum atomic E-state index is -2.72. The Bertz CT molecular complexity index is 977. The summed E-state index contributed by atoms with van der Waals surface area (Å²) < 4.78 is 28.5. The van der Waals surface area contributed by atoms with E-state index >= 15 is 0 Å². The number of nitrogens with zero attached hydrogens (tertiary/aromatic N) is 1. The molecular formula is C29H47N2O8Si2. The summed E-state index contributed by atoms with van der Waals surface area (Å²) in [5, 5.41) is 11.9. The molecule has 0 saturated carbocycles. The Hall–Kier alpha value is -2.46. The van der Waals surface area contributed by atoms with E-state index in [-0.39, 0.29) is 11.1 Å². The van der Waals surface area contributed by atoms with E-state index in [9.17, 15) is 9.59 Å². The molecule has 12 heteroatoms. The van der Waals surface area contributed by atoms with Gasteiger partial charge in [0.15, 0.2) is 0 Å². The van der Waals surface area contributed by atoms with Crippen molar-refractivity contribution in [1.29, 1.82) is 0 Å². The molecule has 1 radical (unpaired) electrons. The topological polar surface area (TPSA) is 125 Å². The van der Waals surface area contributed by atoms with E-state index < -0.39 is 30.0 Å². The Labute approximate surface area is 247 Å². The Morgan fingerprint density at radius 1 is 0.878 bits per heavy atom. The zero-order chi connectivity index (χ0) is 30.5. The van der Waals surface area contributed by atoms with Crippen LogP contribution in [-0.4, -0.2) is 79.6 Å². The smallest absolute Gasteiger partial charge is 0.478 e. The summed E-state index contributed by atoms with van der Waals surface area (Å²) in [4.78, 5) is 27.8. The number of aromatic carboxylic acids is 1. The lowest BCUT2D eigenvalue weighted by atomic mass is 10.1. The molecule has 0 spiro atoms. The molecule has 1 heterocycles. The van der Waals surface area contributed by atoms with Crippen LogP contribution in [0.15, 0.2) is 48.7 Å². The number of carbonyl (C=O) groups is 2. The lowest BCUT2D eigenvalue weighted by molar-refractivity contribution is 0.0690. The highest BCUT2D eigenvalue weighted by Crippen LogP contribution is 2.20. The predicted molar refractivity (Wildman–Crippen MR) is 162 cm³/mol. The largest absolute Gasteiger partial charge is 0.500 e. The minimum absolute atomic E-state index is 0.0123. The van der Waals surface area contributed by atoms with Crippen LogP contribution in [0, 0.1) is 0 Å². The zero-order valence-corrected chi connectivity index (χ0v) is 27.3. The molecule has 1 unspecified atom stereocenters. The van der Waals surface area contributed by atoms with Crippen molar-refractivity contribution in [2.45, 2.75) is 66.0 Å². The SMILES string of the molecule is CCO[Si](CC(C)c1ccccn1)OCC.CCO[Si](CCCNC(=O)c1ccccc1C(=O)O)(OCC)OCC. The summed E-state index contributed by atoms with van der Waals surface area (Å²) in [6.07, 6.45) is 2.45. The molecule has 1 aromatic heterocycles. The third-order valence-electron chi connectivity index (χ3n) is 5.72. The van der Waals surface area contributed by atoms with Crippen molar-refractivity contribution in [3.8, 4) is 0 Å². The summed E-state index contributed by atoms with van der Waals surface area (Å²) in [7, 11) is -3.85. The number of carbonyl (C=O) groups excluding carboxylic acids is 1. The fourth-order valence-corrected chi connectivity index (χ4v) is 8.26. The molecule has 0 fully saturated rings. The molecule has 41 heavy (non-hydrogen) atoms. The molecule has 1 atom stereocenters. The molecule has 2 N–H and O–H groups in total. The second kappa shape index (κ2) is 21.3. The van der Waals surface area contributed by atoms with E-state index in [1.165, 1.54) is 12.1 Å². The Morgan fingerprint density at radius 3 is 1.93 bits per heavy atom. The van der Waals surface area contributed by atoms with Gasteiger partial charge in [0.2, 0.25) is 0 Å². The second-order valence-corrected chi connectivity index (χ2v) is 13.3. The van der Waals surface area contributed by atoms with Gasteiger partial charge in [0.05, 0.1) is 11.1 Å². The van der Waals surface area contributed by atoms with Crippen LogP contribution >= 0.6 is 0 Å². The average Bonchev–Trinajstić information content (AvgIpc) is 2.96. The highest BCUT2D eigenvalue weighted by molar-refractivity contribution is 6.60. The Kier molecular flexibility index (Phi) is 19.0. The fraction of sp³-hybridized carbons (Fsp3) is 0.552. The van der Waals surface area contributed by atoms with Gasteiger partial charge in [-0.15, -0.1) is 0 Å². The molecule has 0 aliphatic heterocycles. The molecule has 1 aromatic carbocycles. The minimum Gasteiger partial charge on any atom is -0.478 e. The van der Waals surface area contributed by atoms with Gasteiger partial charge in [-0.2, -0.15) is 0 Å². The molecular weight excluding hydrogens is 560 g/mol. The molecule has 2 aromatic rings. The van der Waals surface area contributed by atoms with Crippen molar-refractivity contribution in [3.63, 3.8) is 0 Å². The van der Waals surface area contributed by atoms with Crippen LogP contribution in [0.2, 0.25) is 12.1 Å². The lowest BCUT2D eigenvalue weighted by Gasteiger charge is -2.28. The van der Waals surface area contributed by atoms with Crippen molar-refractivity contribution in [3.05, 3.63) is 65.5 Å². The number of amides is 1. The number of carboxylic acid groups (broad SMARTS) is 1. The summed E-state index contributed by atoms with van der Waals surface area (Å²) in [5.74, 6) is -1.14. The van der Waals surface area contributed by atoms with E-state index in [2.05, 4.69) is 23.3 Å². The zero-order valence-electron chi connectivity index (χ0n) is 25.3. The van der Waals surface area contributed by atoms with Crippen molar-refractivity contribution in [1.82, 2.24) is 10.3 Å². The van der Waals surface area contributed by atoms with Crippen LogP contribution in [0.25, 0.3) is 0 Å². The van der Waals surface area contributed by atoms with E-state index in [4.69, 9.17) is 27.2 Å². The number of nitrogens with one attached hydrogen (secondary N) is 1. The van der Waals surface area contributed by atoms with Crippen LogP contribution in [0.4, 0.5) is 0 Å². The summed E-state index contributed by atoms with van der Waals surface area (Å²) >= 11 is 0. The van der Waals surface area contributed by atoms with E-state index in [1.807, 2.05) is 52.9 Å². The van der Waals surface area contributed by atoms with E-state index in [0.717, 1.165) is 25.0 Å². The second-order valence-electron chi connectivity index (χ2n) is 8.79. The number of hydrogen-bond donors (Lipinski definition) is 2. The molecule has 0 aliphatic rings. The lowest BCUT2D eigenvalue weighted by Crippen LogP contribution is -2.46. The monoisotopic (exact) mass is 607 g/mol. The first-order valence-corrected chi connectivity index (χ1v) is 17.8. The standard InChI is InChI=1S/C17H27NO6Si.C12H20NO2Si/c1-4-22-25(23-5-2,24-6-3)13-9-12-18-16(19)14-10-7-8-11-15(14)17(20)21;1-4-14-16(15-5-2)10-11(3)12-8-6-7-9-13-12/h7-8,10-11H,4-6,9,12-13H2,1-3H3,(H,18,19)(H,20,21);6-9,11H,4-5,10H2,1-3H3. The van der Waals surface area contributed by atoms with Crippen LogP contribution in [-0.2, 0) is 22.1 Å². The first-order chi connectivity index (χ1) is 19.8. The summed E-state index contributed by atoms with van der Waals surface area (Å²) in [5.41, 5.74) is 1.25. The average molecular weight is 608 g/mol. The summed E-state index contributed by atoms with van der Waals surface area (Å²) in [6, 6.07) is 13.7. The number of rotatable bonds is 19. The van der Waals surface area contributed by atoms with Gasteiger partial charge in [0, 0.05) is 69.5 Å². The number of hydrogen-bond acceptors (Lipinski definition) is 8. The number of carboxylic acids is 1. The predicted octanol–water partition coefficient (Wildman–Crippen LogP) is 5.30. The number of benzene rings is 1. The highest BCUT2D eigenvalue weighted by atomic mass is 28.4. The molecule has 0 saturated heterocycles. The fourth-order valence-electron chi connectivity index (χ4n) is 3.97. The molecule has 0 bridgehead atoms. The van der Waals surface area contributed by atoms with Crippen LogP contribution in [0.1, 0.15) is 80.3 Å². The maximum atomic E-state index is 12.2. The van der Waals surface area contributed by atoms with Crippen LogP contribution in [0.5, 0.6) is 0 Å². The maximum Gasteiger partial charge on any atom is 0.500 e. The summed E-state index contributed by atoms with van der Waals surface area (Å²) in [6.45, 7) is 15.2. The van der Waals surface area contributed by atoms with Gasteiger partial charge >= 0.3 is 24.1 Å². The van der Waals surface area contributed by atoms with Gasteiger partial charge in [-0.3, -0.25) is 9.78 Å². The van der Waals surface area contributed by atoms with Gasteiger partial charge in [-0.1, -0.05) is 25.1 Å². The van der Waals surface area contributed by atoms with Crippen molar-refractivity contribution >= 4 is 30.0 Å². The third kappa shape index (κ3) is 13.8. The van der Waals surface area contributed by atoms with Crippen LogP contribution < -0.4 is 5.32 Å². The third-order valence-corrected chi connectivity index (χ3v) is 11.0. The number of aromatic nitrogens is 1. The molecule has 2 rings (SSSR count). The molecule has 229 valence electrons. The molecule has 1 amide bonds. The van der Waals surface area contributed by atoms with Crippen molar-refractivity contribution in [2.24, 2.45) is 0 Å². The molecule has 10 nitrogen and oxygen atoms in total. The maximum absolute atomic E-state index is 12.2. The normalized spacial score (nSPS) is 12.0. The Morgan fingerprint density at radius 2 is 1.44 bits per heavy atom. The van der Waals surface area contributed by atoms with Crippen molar-refractivity contribution in [2.75, 3.05) is 39.6 Å². The van der Waals surface area contributed by atoms with Gasteiger partial charge in [0.1, 0.15) is 0 Å². The quantitative estimate of drug-likeness (QED) is 0.162. The molecule has 0 aliphatic carbocycles. The van der Waals surface area contributed by atoms with E-state index in [1.54, 1.807) is 12.1 Å². The van der Waals surface area contributed by atoms with E-state index in [0.29, 0.717) is 44.7 Å². The van der Waals surface area contributed by atoms with Crippen LogP contribution in [0.3, 0.4) is 0 Å². The Balaban J connectivity index is 0.000000452. The first-order valence-electron chi connectivity index (χ1n) is 14.3. The van der Waals surface area contributed by atoms with Gasteiger partial charge in [-0.05, 0) is 65.3 Å².